The van der Waals surface area contributed by atoms with Crippen molar-refractivity contribution >= 4 is 0 Å². The minimum absolute atomic E-state index is 0.443. The quantitative estimate of drug-likeness (QED) is 0.742. The molecule has 2 aliphatic rings. The van der Waals surface area contributed by atoms with E-state index in [0.717, 1.165) is 19.7 Å². The second-order valence-electron chi connectivity index (χ2n) is 5.24. The van der Waals surface area contributed by atoms with E-state index in [0.29, 0.717) is 11.6 Å². The fraction of sp³-hybridized carbons (Fsp3) is 1.00. The Bertz CT molecular complexity index is 196. The molecule has 0 radical (unpaired) electrons. The zero-order valence-corrected chi connectivity index (χ0v) is 10.1. The van der Waals surface area contributed by atoms with E-state index in [9.17, 15) is 0 Å². The Morgan fingerprint density at radius 2 is 2.13 bits per heavy atom. The highest BCUT2D eigenvalue weighted by Gasteiger charge is 2.38. The van der Waals surface area contributed by atoms with Crippen molar-refractivity contribution in [3.05, 3.63) is 0 Å². The van der Waals surface area contributed by atoms with Gasteiger partial charge >= 0.3 is 0 Å². The summed E-state index contributed by atoms with van der Waals surface area (Å²) in [5, 5.41) is 3.58. The molecule has 3 nitrogen and oxygen atoms in total. The van der Waals surface area contributed by atoms with Gasteiger partial charge in [0.1, 0.15) is 0 Å². The van der Waals surface area contributed by atoms with Gasteiger partial charge in [0.05, 0.1) is 6.10 Å². The van der Waals surface area contributed by atoms with Gasteiger partial charge in [-0.2, -0.15) is 0 Å². The van der Waals surface area contributed by atoms with Crippen LogP contribution in [0, 0.1) is 0 Å². The van der Waals surface area contributed by atoms with Crippen LogP contribution in [0.1, 0.15) is 32.1 Å². The summed E-state index contributed by atoms with van der Waals surface area (Å²) in [7, 11) is 4.40. The highest BCUT2D eigenvalue weighted by Crippen LogP contribution is 2.35. The van der Waals surface area contributed by atoms with Crippen molar-refractivity contribution in [2.24, 2.45) is 0 Å². The monoisotopic (exact) mass is 212 g/mol. The molecule has 0 amide bonds. The Morgan fingerprint density at radius 1 is 1.33 bits per heavy atom. The first-order valence-corrected chi connectivity index (χ1v) is 6.23. The van der Waals surface area contributed by atoms with Crippen molar-refractivity contribution < 1.29 is 4.74 Å². The van der Waals surface area contributed by atoms with Crippen LogP contribution in [-0.4, -0.2) is 50.3 Å². The molecule has 0 aromatic rings. The molecular formula is C12H24N2O. The van der Waals surface area contributed by atoms with Gasteiger partial charge in [-0.3, -0.25) is 0 Å². The van der Waals surface area contributed by atoms with Crippen molar-refractivity contribution in [2.75, 3.05) is 33.8 Å². The van der Waals surface area contributed by atoms with Crippen molar-refractivity contribution in [3.63, 3.8) is 0 Å². The van der Waals surface area contributed by atoms with E-state index in [1.165, 1.54) is 32.1 Å². The summed E-state index contributed by atoms with van der Waals surface area (Å²) in [5.74, 6) is 0. The molecule has 0 bridgehead atoms. The molecule has 1 saturated heterocycles. The third-order valence-electron chi connectivity index (χ3n) is 4.08. The molecule has 1 atom stereocenters. The molecule has 1 heterocycles. The van der Waals surface area contributed by atoms with Gasteiger partial charge in [-0.15, -0.1) is 0 Å². The van der Waals surface area contributed by atoms with Crippen LogP contribution < -0.4 is 5.32 Å². The van der Waals surface area contributed by atoms with E-state index < -0.39 is 0 Å². The van der Waals surface area contributed by atoms with Gasteiger partial charge in [0, 0.05) is 25.2 Å². The lowest BCUT2D eigenvalue weighted by molar-refractivity contribution is 0.0522. The van der Waals surface area contributed by atoms with Gasteiger partial charge in [-0.1, -0.05) is 0 Å². The van der Waals surface area contributed by atoms with Crippen molar-refractivity contribution in [1.29, 1.82) is 0 Å². The first-order chi connectivity index (χ1) is 7.23. The third-order valence-corrected chi connectivity index (χ3v) is 4.08. The van der Waals surface area contributed by atoms with Crippen molar-refractivity contribution in [1.82, 2.24) is 10.2 Å². The number of rotatable bonds is 5. The van der Waals surface area contributed by atoms with Crippen LogP contribution in [0.4, 0.5) is 0 Å². The normalized spacial score (nSPS) is 29.4. The predicted octanol–water partition coefficient (Wildman–Crippen LogP) is 1.24. The standard InChI is InChI=1S/C12H24N2O/c1-14(2)12(6-4-7-12)10-13-9-11-5-3-8-15-11/h11,13H,3-10H2,1-2H3. The molecule has 1 aliphatic heterocycles. The molecule has 1 unspecified atom stereocenters. The Kier molecular flexibility index (Phi) is 3.65. The van der Waals surface area contributed by atoms with Crippen LogP contribution in [0.25, 0.3) is 0 Å². The van der Waals surface area contributed by atoms with E-state index in [-0.39, 0.29) is 0 Å². The van der Waals surface area contributed by atoms with Crippen LogP contribution in [0.3, 0.4) is 0 Å². The van der Waals surface area contributed by atoms with E-state index in [4.69, 9.17) is 4.74 Å². The number of likely N-dealkylation sites (N-methyl/N-ethyl adjacent to an activating group) is 1. The molecular weight excluding hydrogens is 188 g/mol. The fourth-order valence-electron chi connectivity index (χ4n) is 2.64. The van der Waals surface area contributed by atoms with Gasteiger partial charge in [0.25, 0.3) is 0 Å². The summed E-state index contributed by atoms with van der Waals surface area (Å²) >= 11 is 0. The number of nitrogens with zero attached hydrogens (tertiary/aromatic N) is 1. The molecule has 3 heteroatoms. The fourth-order valence-corrected chi connectivity index (χ4v) is 2.64. The van der Waals surface area contributed by atoms with E-state index in [1.807, 2.05) is 0 Å². The molecule has 88 valence electrons. The smallest absolute Gasteiger partial charge is 0.0700 e. The van der Waals surface area contributed by atoms with Crippen LogP contribution in [0.2, 0.25) is 0 Å². The highest BCUT2D eigenvalue weighted by atomic mass is 16.5. The van der Waals surface area contributed by atoms with Crippen molar-refractivity contribution in [3.8, 4) is 0 Å². The maximum atomic E-state index is 5.60. The van der Waals surface area contributed by atoms with Gasteiger partial charge < -0.3 is 15.0 Å². The Labute approximate surface area is 93.2 Å². The maximum absolute atomic E-state index is 5.60. The SMILES string of the molecule is CN(C)C1(CNCC2CCCO2)CCC1. The summed E-state index contributed by atoms with van der Waals surface area (Å²) in [6, 6.07) is 0. The van der Waals surface area contributed by atoms with Crippen LogP contribution in [0.15, 0.2) is 0 Å². The molecule has 0 spiro atoms. The average Bonchev–Trinajstić information content (AvgIpc) is 2.61. The highest BCUT2D eigenvalue weighted by molar-refractivity contribution is 4.97. The van der Waals surface area contributed by atoms with Crippen LogP contribution in [0.5, 0.6) is 0 Å². The topological polar surface area (TPSA) is 24.5 Å². The molecule has 0 aromatic heterocycles. The maximum Gasteiger partial charge on any atom is 0.0700 e. The molecule has 15 heavy (non-hydrogen) atoms. The first kappa shape index (κ1) is 11.4. The number of hydrogen-bond donors (Lipinski definition) is 1. The summed E-state index contributed by atoms with van der Waals surface area (Å²) < 4.78 is 5.60. The molecule has 1 saturated carbocycles. The lowest BCUT2D eigenvalue weighted by atomic mass is 9.75. The van der Waals surface area contributed by atoms with Crippen LogP contribution in [-0.2, 0) is 4.74 Å². The number of ether oxygens (including phenoxy) is 1. The average molecular weight is 212 g/mol. The minimum Gasteiger partial charge on any atom is -0.377 e. The molecule has 2 rings (SSSR count). The predicted molar refractivity (Wildman–Crippen MR) is 62.1 cm³/mol. The summed E-state index contributed by atoms with van der Waals surface area (Å²) in [4.78, 5) is 2.39. The van der Waals surface area contributed by atoms with Gasteiger partial charge in [0.15, 0.2) is 0 Å². The third kappa shape index (κ3) is 2.52. The molecule has 0 aromatic carbocycles. The lowest BCUT2D eigenvalue weighted by Crippen LogP contribution is -2.57. The molecule has 1 N–H and O–H groups in total. The minimum atomic E-state index is 0.443. The molecule has 1 aliphatic carbocycles. The summed E-state index contributed by atoms with van der Waals surface area (Å²) in [6.07, 6.45) is 7.04. The first-order valence-electron chi connectivity index (χ1n) is 6.23. The van der Waals surface area contributed by atoms with E-state index >= 15 is 0 Å². The number of hydrogen-bond acceptors (Lipinski definition) is 3. The number of nitrogens with one attached hydrogen (secondary N) is 1. The van der Waals surface area contributed by atoms with Gasteiger partial charge in [-0.25, -0.2) is 0 Å². The second-order valence-corrected chi connectivity index (χ2v) is 5.24. The summed E-state index contributed by atoms with van der Waals surface area (Å²) in [6.45, 7) is 3.13. The van der Waals surface area contributed by atoms with Crippen molar-refractivity contribution in [2.45, 2.75) is 43.7 Å². The van der Waals surface area contributed by atoms with Crippen LogP contribution >= 0.6 is 0 Å². The Balaban J connectivity index is 1.67. The Morgan fingerprint density at radius 3 is 2.60 bits per heavy atom. The van der Waals surface area contributed by atoms with E-state index in [2.05, 4.69) is 24.3 Å². The van der Waals surface area contributed by atoms with Gasteiger partial charge in [0.2, 0.25) is 0 Å². The molecule has 2 fully saturated rings. The Hall–Kier alpha value is -0.120. The largest absolute Gasteiger partial charge is 0.377 e. The second kappa shape index (κ2) is 4.81. The zero-order chi connectivity index (χ0) is 10.7. The van der Waals surface area contributed by atoms with Gasteiger partial charge in [-0.05, 0) is 46.2 Å². The zero-order valence-electron chi connectivity index (χ0n) is 10.1. The van der Waals surface area contributed by atoms with E-state index in [1.54, 1.807) is 0 Å². The summed E-state index contributed by atoms with van der Waals surface area (Å²) in [5.41, 5.74) is 0.443. The lowest BCUT2D eigenvalue weighted by Gasteiger charge is -2.47.